The van der Waals surface area contributed by atoms with Crippen LogP contribution in [-0.4, -0.2) is 39.4 Å². The fraction of sp³-hybridized carbons (Fsp3) is 0.180. The Bertz CT molecular complexity index is 3270. The van der Waals surface area contributed by atoms with Crippen LogP contribution in [-0.2, 0) is 4.74 Å². The molecule has 4 aromatic rings. The number of hydrogen-bond acceptors (Lipinski definition) is 10. The predicted molar refractivity (Wildman–Crippen MR) is 264 cm³/mol. The Labute approximate surface area is 386 Å². The third-order valence-corrected chi connectivity index (χ3v) is 7.85. The summed E-state index contributed by atoms with van der Waals surface area (Å²) in [6.07, 6.45) is 6.82. The first-order valence-corrected chi connectivity index (χ1v) is 18.4. The number of nitrogens with two attached hydrogens (primary N) is 1. The van der Waals surface area contributed by atoms with Crippen molar-refractivity contribution in [1.82, 2.24) is 20.7 Å². The van der Waals surface area contributed by atoms with Crippen LogP contribution in [0.25, 0.3) is 33.3 Å². The molecule has 3 heterocycles. The molecule has 0 amide bonds. The fourth-order valence-electron chi connectivity index (χ4n) is 5.27. The largest absolute Gasteiger partial charge is 0.381 e. The van der Waals surface area contributed by atoms with Gasteiger partial charge in [-0.25, -0.2) is 4.98 Å². The minimum absolute atomic E-state index is 0. The van der Waals surface area contributed by atoms with Gasteiger partial charge in [-0.1, -0.05) is 23.2 Å². The number of imidazole rings is 1. The van der Waals surface area contributed by atoms with Crippen LogP contribution in [0.4, 0.5) is 5.95 Å². The van der Waals surface area contributed by atoms with E-state index in [-0.39, 0.29) is 14.3 Å². The Morgan fingerprint density at radius 1 is 0.859 bits per heavy atom. The number of anilines is 1. The summed E-state index contributed by atoms with van der Waals surface area (Å²) in [5.41, 5.74) is 9.54. The van der Waals surface area contributed by atoms with Gasteiger partial charge in [-0.05, 0) is 170 Å². The van der Waals surface area contributed by atoms with E-state index in [2.05, 4.69) is 186 Å². The van der Waals surface area contributed by atoms with Crippen molar-refractivity contribution < 1.29 is 28.6 Å². The van der Waals surface area contributed by atoms with Crippen LogP contribution in [0.5, 0.6) is 0 Å². The summed E-state index contributed by atoms with van der Waals surface area (Å²) in [5, 5.41) is 30.8. The number of H-pyrrole nitrogens is 1. The summed E-state index contributed by atoms with van der Waals surface area (Å²) in [6.45, 7) is 9.07. The van der Waals surface area contributed by atoms with Crippen LogP contribution in [0.15, 0.2) is 45.3 Å². The second-order valence-electron chi connectivity index (χ2n) is 11.9. The molecule has 64 heavy (non-hydrogen) atoms. The molecule has 0 unspecified atom stereocenters. The molecule has 1 saturated heterocycles. The summed E-state index contributed by atoms with van der Waals surface area (Å²) in [6, 6.07) is 12.7. The summed E-state index contributed by atoms with van der Waals surface area (Å²) in [4.78, 5) is 17.6. The molecule has 2 aromatic carbocycles. The number of terminal acetylenes is 1. The lowest BCUT2D eigenvalue weighted by Gasteiger charge is -2.22. The molecule has 14 heteroatoms. The monoisotopic (exact) mass is 856 g/mol. The number of aromatic amines is 1. The molecule has 0 radical (unpaired) electrons. The molecular formula is C50H52N10O4. The third-order valence-electron chi connectivity index (χ3n) is 7.85. The van der Waals surface area contributed by atoms with E-state index in [4.69, 9.17) is 20.7 Å². The average molecular weight is 857 g/mol. The molecule has 2 aromatic heterocycles. The first kappa shape index (κ1) is 48.1. The van der Waals surface area contributed by atoms with E-state index in [1.807, 2.05) is 39.0 Å². The van der Waals surface area contributed by atoms with Gasteiger partial charge in [-0.2, -0.15) is 5.26 Å². The number of nitro groups is 1. The Morgan fingerprint density at radius 2 is 1.41 bits per heavy atom. The standard InChI is InChI=1S/C25H25N5O2.C25H4.H3N5O2.10H2/c1-14-17(13-26)5-4-6-20(14)21-11-18(23-15(2)30-32-16(23)3)12-22-24(21)29-25(28-22)27-19-7-9-31-10-8-19;1-3-5-7-9-11-13-15-17-19-21-23-25-24-22-20-18-16-14-12-10-8-6-4-2;1-2-3-4-5(6)7;;;;;;;;;;/h4-6,11-12,19H,7-10H2,1-3H3,(H2,27,28,29);1H,2H3;(H2,1,3)(H,2,4);10*1H. The van der Waals surface area contributed by atoms with E-state index >= 15 is 0 Å². The zero-order valence-corrected chi connectivity index (χ0v) is 34.8. The van der Waals surface area contributed by atoms with Gasteiger partial charge in [-0.3, -0.25) is 5.84 Å². The van der Waals surface area contributed by atoms with Gasteiger partial charge < -0.3 is 29.7 Å². The number of aryl methyl sites for hydroxylation is 2. The number of nitrogens with one attached hydrogen (secondary N) is 3. The Hall–Kier alpha value is -10.3. The van der Waals surface area contributed by atoms with E-state index in [9.17, 15) is 15.4 Å². The number of fused-ring (bicyclic) bond motifs is 1. The smallest absolute Gasteiger partial charge is 0.201 e. The second kappa shape index (κ2) is 28.2. The van der Waals surface area contributed by atoms with Crippen molar-refractivity contribution in [2.45, 2.75) is 46.6 Å². The molecule has 0 spiro atoms. The number of nitrogens with zero attached hydrogens (tertiary/aromatic N) is 6. The number of nitriles is 1. The number of hydrazine groups is 1. The number of benzene rings is 2. The van der Waals surface area contributed by atoms with Crippen molar-refractivity contribution in [3.8, 4) is 171 Å². The highest BCUT2D eigenvalue weighted by Gasteiger charge is 2.20. The lowest BCUT2D eigenvalue weighted by molar-refractivity contribution is -0.546. The van der Waals surface area contributed by atoms with Gasteiger partial charge in [0.15, 0.2) is 5.22 Å². The molecule has 326 valence electrons. The lowest BCUT2D eigenvalue weighted by atomic mass is 9.92. The zero-order valence-electron chi connectivity index (χ0n) is 34.8. The van der Waals surface area contributed by atoms with Gasteiger partial charge >= 0.3 is 0 Å². The number of rotatable bonds is 6. The summed E-state index contributed by atoms with van der Waals surface area (Å²) < 4.78 is 10.9. The topological polar surface area (TPSA) is 206 Å². The van der Waals surface area contributed by atoms with Gasteiger partial charge in [0.1, 0.15) is 5.76 Å². The summed E-state index contributed by atoms with van der Waals surface area (Å²) in [7, 11) is 0. The molecule has 5 N–H and O–H groups in total. The first-order chi connectivity index (χ1) is 31.2. The second-order valence-corrected chi connectivity index (χ2v) is 11.9. The lowest BCUT2D eigenvalue weighted by Crippen LogP contribution is -2.28. The van der Waals surface area contributed by atoms with E-state index in [0.717, 1.165) is 82.3 Å². The molecular weight excluding hydrogens is 805 g/mol. The average Bonchev–Trinajstić information content (AvgIpc) is 3.87. The van der Waals surface area contributed by atoms with Crippen LogP contribution in [0.2, 0.25) is 0 Å². The molecule has 14 nitrogen and oxygen atoms in total. The van der Waals surface area contributed by atoms with Gasteiger partial charge in [0, 0.05) is 85.7 Å². The van der Waals surface area contributed by atoms with Gasteiger partial charge in [0.25, 0.3) is 0 Å². The van der Waals surface area contributed by atoms with Crippen LogP contribution in [0, 0.1) is 185 Å². The fourth-order valence-corrected chi connectivity index (χ4v) is 5.27. The molecule has 1 aliphatic heterocycles. The molecule has 1 fully saturated rings. The maximum atomic E-state index is 9.55. The molecule has 5 rings (SSSR count). The highest BCUT2D eigenvalue weighted by Crippen LogP contribution is 2.38. The SMILES string of the molecule is C#CC#CC#CC#CC#CC#CC#CC#CC#CC#CC#CC#CC.Cc1noc(C)c1-c1cc(-c2cccc(C#N)c2C)c2nc(NC3CCOCC3)[nH]c2c1.NN=NN[N+](=O)[O-].[HH].[HH].[HH].[HH].[HH].[HH].[HH].[HH].[HH].[HH]. The van der Waals surface area contributed by atoms with Crippen molar-refractivity contribution in [1.29, 1.82) is 5.26 Å². The predicted octanol–water partition coefficient (Wildman–Crippen LogP) is 7.42. The van der Waals surface area contributed by atoms with E-state index < -0.39 is 5.03 Å². The van der Waals surface area contributed by atoms with Crippen molar-refractivity contribution in [3.63, 3.8) is 0 Å². The highest BCUT2D eigenvalue weighted by atomic mass is 16.7. The van der Waals surface area contributed by atoms with Crippen LogP contribution in [0.1, 0.15) is 56.6 Å². The van der Waals surface area contributed by atoms with Crippen LogP contribution in [0.3, 0.4) is 0 Å². The molecule has 0 atom stereocenters. The first-order valence-electron chi connectivity index (χ1n) is 18.4. The minimum Gasteiger partial charge on any atom is -0.381 e. The maximum Gasteiger partial charge on any atom is 0.201 e. The van der Waals surface area contributed by atoms with Crippen LogP contribution < -0.4 is 16.7 Å². The zero-order chi connectivity index (χ0) is 46.2. The number of ether oxygens (including phenoxy) is 1. The van der Waals surface area contributed by atoms with Gasteiger partial charge in [0.05, 0.1) is 38.6 Å². The van der Waals surface area contributed by atoms with E-state index in [0.29, 0.717) is 11.6 Å². The normalized spacial score (nSPS) is 9.78. The minimum atomic E-state index is -0.879. The van der Waals surface area contributed by atoms with Gasteiger partial charge in [-0.15, -0.1) is 6.42 Å². The summed E-state index contributed by atoms with van der Waals surface area (Å²) in [5.74, 6) is 62.8. The maximum absolute atomic E-state index is 9.55. The van der Waals surface area contributed by atoms with Crippen LogP contribution >= 0.6 is 0 Å². The highest BCUT2D eigenvalue weighted by molar-refractivity contribution is 5.98. The van der Waals surface area contributed by atoms with E-state index in [1.165, 1.54) is 5.53 Å². The third kappa shape index (κ3) is 16.9. The summed E-state index contributed by atoms with van der Waals surface area (Å²) >= 11 is 0. The Balaban J connectivity index is -0.000000158. The molecule has 0 aliphatic carbocycles. The van der Waals surface area contributed by atoms with Gasteiger partial charge in [0.2, 0.25) is 5.95 Å². The van der Waals surface area contributed by atoms with Crippen molar-refractivity contribution >= 4 is 17.0 Å². The Morgan fingerprint density at radius 3 is 1.86 bits per heavy atom. The van der Waals surface area contributed by atoms with Crippen molar-refractivity contribution in [2.24, 2.45) is 16.3 Å². The molecule has 0 saturated carbocycles. The van der Waals surface area contributed by atoms with Crippen molar-refractivity contribution in [3.05, 3.63) is 63.0 Å². The van der Waals surface area contributed by atoms with Crippen molar-refractivity contribution in [2.75, 3.05) is 18.5 Å². The number of hydrogen-bond donors (Lipinski definition) is 4. The molecule has 1 aliphatic rings. The number of aromatic nitrogens is 3. The quantitative estimate of drug-likeness (QED) is 0.0497. The Kier molecular flexibility index (Phi) is 21.2. The molecule has 0 bridgehead atoms. The van der Waals surface area contributed by atoms with E-state index in [1.54, 1.807) is 6.92 Å².